The molecule has 0 unspecified atom stereocenters. The largest absolute Gasteiger partial charge is 0.507 e. The van der Waals surface area contributed by atoms with Gasteiger partial charge in [-0.15, -0.1) is 11.3 Å². The molecule has 1 atom stereocenters. The highest BCUT2D eigenvalue weighted by molar-refractivity contribution is 7.10. The Morgan fingerprint density at radius 2 is 1.90 bits per heavy atom. The lowest BCUT2D eigenvalue weighted by Crippen LogP contribution is -2.20. The lowest BCUT2D eigenvalue weighted by molar-refractivity contribution is -0.133. The maximum Gasteiger partial charge on any atom is 0.293 e. The topological polar surface area (TPSA) is 66.4 Å². The monoisotopic (exact) mass is 299 g/mol. The standard InChI is InChI=1S/C16H13NO3S/c1-9-4-6-10(7-5-9)14(18)12-13(11-3-2-8-21-11)17-16(20)15(12)19/h2-8,13,18H,1H3,(H,17,20)/t13-/m1/s1. The van der Waals surface area contributed by atoms with Crippen LogP contribution in [-0.4, -0.2) is 16.8 Å². The summed E-state index contributed by atoms with van der Waals surface area (Å²) in [4.78, 5) is 24.6. The van der Waals surface area contributed by atoms with Gasteiger partial charge in [0, 0.05) is 10.4 Å². The smallest absolute Gasteiger partial charge is 0.293 e. The van der Waals surface area contributed by atoms with Crippen LogP contribution in [0.15, 0.2) is 47.4 Å². The average molecular weight is 299 g/mol. The fourth-order valence-electron chi connectivity index (χ4n) is 2.30. The summed E-state index contributed by atoms with van der Waals surface area (Å²) >= 11 is 1.43. The Morgan fingerprint density at radius 3 is 2.52 bits per heavy atom. The molecule has 1 fully saturated rings. The predicted octanol–water partition coefficient (Wildman–Crippen LogP) is 2.77. The molecule has 106 valence electrons. The highest BCUT2D eigenvalue weighted by Gasteiger charge is 2.39. The van der Waals surface area contributed by atoms with Crippen LogP contribution in [-0.2, 0) is 9.59 Å². The van der Waals surface area contributed by atoms with Crippen LogP contribution in [0.2, 0.25) is 0 Å². The molecule has 2 heterocycles. The zero-order valence-corrected chi connectivity index (χ0v) is 12.1. The maximum atomic E-state index is 12.1. The number of aryl methyl sites for hydroxylation is 1. The zero-order valence-electron chi connectivity index (χ0n) is 11.3. The van der Waals surface area contributed by atoms with E-state index >= 15 is 0 Å². The number of carbonyl (C=O) groups excluding carboxylic acids is 2. The van der Waals surface area contributed by atoms with Gasteiger partial charge in [-0.05, 0) is 18.4 Å². The zero-order chi connectivity index (χ0) is 15.0. The van der Waals surface area contributed by atoms with E-state index in [-0.39, 0.29) is 11.3 Å². The molecule has 0 aliphatic carbocycles. The molecule has 0 saturated carbocycles. The van der Waals surface area contributed by atoms with Crippen molar-refractivity contribution in [1.29, 1.82) is 0 Å². The van der Waals surface area contributed by atoms with E-state index < -0.39 is 17.7 Å². The SMILES string of the molecule is Cc1ccc(C(O)=C2C(=O)C(=O)N[C@@H]2c2cccs2)cc1. The van der Waals surface area contributed by atoms with E-state index in [0.717, 1.165) is 10.4 Å². The first kappa shape index (κ1) is 13.6. The molecule has 1 aliphatic heterocycles. The van der Waals surface area contributed by atoms with Crippen LogP contribution < -0.4 is 5.32 Å². The molecule has 1 amide bonds. The fraction of sp³-hybridized carbons (Fsp3) is 0.125. The second-order valence-corrected chi connectivity index (χ2v) is 5.86. The summed E-state index contributed by atoms with van der Waals surface area (Å²) in [5.41, 5.74) is 1.70. The van der Waals surface area contributed by atoms with E-state index in [4.69, 9.17) is 0 Å². The van der Waals surface area contributed by atoms with Crippen LogP contribution >= 0.6 is 11.3 Å². The molecule has 0 radical (unpaired) electrons. The minimum absolute atomic E-state index is 0.117. The Hall–Kier alpha value is -2.40. The summed E-state index contributed by atoms with van der Waals surface area (Å²) in [5, 5.41) is 14.9. The van der Waals surface area contributed by atoms with Crippen LogP contribution in [0.4, 0.5) is 0 Å². The number of Topliss-reactive ketones (excluding diaryl/α,β-unsaturated/α-hetero) is 1. The van der Waals surface area contributed by atoms with Crippen LogP contribution in [0.25, 0.3) is 5.76 Å². The number of carbonyl (C=O) groups is 2. The van der Waals surface area contributed by atoms with Gasteiger partial charge in [-0.2, -0.15) is 0 Å². The molecular formula is C16H13NO3S. The van der Waals surface area contributed by atoms with E-state index in [0.29, 0.717) is 5.56 Å². The van der Waals surface area contributed by atoms with E-state index in [1.165, 1.54) is 11.3 Å². The summed E-state index contributed by atoms with van der Waals surface area (Å²) < 4.78 is 0. The Morgan fingerprint density at radius 1 is 1.19 bits per heavy atom. The number of aliphatic hydroxyl groups is 1. The molecule has 1 aromatic heterocycles. The number of aliphatic hydroxyl groups excluding tert-OH is 1. The minimum Gasteiger partial charge on any atom is -0.507 e. The molecule has 5 heteroatoms. The summed E-state index contributed by atoms with van der Waals surface area (Å²) in [6.07, 6.45) is 0. The molecule has 1 aromatic carbocycles. The number of rotatable bonds is 2. The van der Waals surface area contributed by atoms with Gasteiger partial charge in [0.05, 0.1) is 11.6 Å². The number of nitrogens with one attached hydrogen (secondary N) is 1. The first-order valence-electron chi connectivity index (χ1n) is 6.46. The second kappa shape index (κ2) is 5.18. The van der Waals surface area contributed by atoms with Gasteiger partial charge >= 0.3 is 0 Å². The van der Waals surface area contributed by atoms with Crippen molar-refractivity contribution >= 4 is 28.8 Å². The molecule has 1 saturated heterocycles. The maximum absolute atomic E-state index is 12.1. The molecule has 1 aliphatic rings. The van der Waals surface area contributed by atoms with Gasteiger partial charge in [0.2, 0.25) is 0 Å². The molecule has 2 N–H and O–H groups in total. The van der Waals surface area contributed by atoms with Gasteiger partial charge in [-0.25, -0.2) is 0 Å². The molecule has 3 rings (SSSR count). The van der Waals surface area contributed by atoms with Crippen LogP contribution in [0.1, 0.15) is 22.0 Å². The Labute approximate surface area is 125 Å². The molecule has 2 aromatic rings. The van der Waals surface area contributed by atoms with E-state index in [1.54, 1.807) is 12.1 Å². The lowest BCUT2D eigenvalue weighted by Gasteiger charge is -2.11. The van der Waals surface area contributed by atoms with E-state index in [2.05, 4.69) is 5.32 Å². The average Bonchev–Trinajstić information content (AvgIpc) is 3.09. The van der Waals surface area contributed by atoms with E-state index in [1.807, 2.05) is 36.6 Å². The summed E-state index contributed by atoms with van der Waals surface area (Å²) in [7, 11) is 0. The fourth-order valence-corrected chi connectivity index (χ4v) is 3.09. The first-order chi connectivity index (χ1) is 10.1. The van der Waals surface area contributed by atoms with Crippen molar-refractivity contribution in [1.82, 2.24) is 5.32 Å². The third kappa shape index (κ3) is 2.36. The van der Waals surface area contributed by atoms with Crippen LogP contribution in [0.5, 0.6) is 0 Å². The van der Waals surface area contributed by atoms with Gasteiger partial charge < -0.3 is 10.4 Å². The van der Waals surface area contributed by atoms with Gasteiger partial charge in [-0.3, -0.25) is 9.59 Å². The van der Waals surface area contributed by atoms with Crippen LogP contribution in [0, 0.1) is 6.92 Å². The van der Waals surface area contributed by atoms with Crippen molar-refractivity contribution in [2.45, 2.75) is 13.0 Å². The van der Waals surface area contributed by atoms with Gasteiger partial charge in [0.25, 0.3) is 11.7 Å². The molecule has 0 bridgehead atoms. The number of hydrogen-bond acceptors (Lipinski definition) is 4. The van der Waals surface area contributed by atoms with Gasteiger partial charge in [0.15, 0.2) is 0 Å². The molecule has 0 spiro atoms. The number of benzene rings is 1. The highest BCUT2D eigenvalue weighted by atomic mass is 32.1. The Kier molecular flexibility index (Phi) is 3.35. The van der Waals surface area contributed by atoms with E-state index in [9.17, 15) is 14.7 Å². The highest BCUT2D eigenvalue weighted by Crippen LogP contribution is 2.34. The second-order valence-electron chi connectivity index (χ2n) is 4.88. The Bertz CT molecular complexity index is 729. The first-order valence-corrected chi connectivity index (χ1v) is 7.34. The van der Waals surface area contributed by atoms with Gasteiger partial charge in [0.1, 0.15) is 5.76 Å². The van der Waals surface area contributed by atoms with Crippen molar-refractivity contribution in [3.8, 4) is 0 Å². The lowest BCUT2D eigenvalue weighted by atomic mass is 10.00. The minimum atomic E-state index is -0.679. The molecule has 4 nitrogen and oxygen atoms in total. The van der Waals surface area contributed by atoms with Crippen LogP contribution in [0.3, 0.4) is 0 Å². The number of ketones is 1. The van der Waals surface area contributed by atoms with Crippen molar-refractivity contribution in [2.75, 3.05) is 0 Å². The van der Waals surface area contributed by atoms with Crippen molar-refractivity contribution in [3.05, 3.63) is 63.4 Å². The number of amides is 1. The van der Waals surface area contributed by atoms with Crippen molar-refractivity contribution < 1.29 is 14.7 Å². The van der Waals surface area contributed by atoms with Crippen molar-refractivity contribution in [3.63, 3.8) is 0 Å². The number of thiophene rings is 1. The van der Waals surface area contributed by atoms with Gasteiger partial charge in [-0.1, -0.05) is 35.9 Å². The third-order valence-corrected chi connectivity index (χ3v) is 4.36. The summed E-state index contributed by atoms with van der Waals surface area (Å²) in [5.74, 6) is -1.50. The Balaban J connectivity index is 2.11. The molecular weight excluding hydrogens is 286 g/mol. The molecule has 21 heavy (non-hydrogen) atoms. The summed E-state index contributed by atoms with van der Waals surface area (Å²) in [6, 6.07) is 10.3. The summed E-state index contributed by atoms with van der Waals surface area (Å²) in [6.45, 7) is 1.94. The number of hydrogen-bond donors (Lipinski definition) is 2. The normalized spacial score (nSPS) is 20.5. The quantitative estimate of drug-likeness (QED) is 0.509. The third-order valence-electron chi connectivity index (χ3n) is 3.42. The predicted molar refractivity (Wildman–Crippen MR) is 80.9 cm³/mol. The van der Waals surface area contributed by atoms with Crippen molar-refractivity contribution in [2.24, 2.45) is 0 Å².